The lowest BCUT2D eigenvalue weighted by Crippen LogP contribution is -2.30. The van der Waals surface area contributed by atoms with Crippen LogP contribution in [0.4, 0.5) is 10.5 Å². The number of urea groups is 1. The Morgan fingerprint density at radius 3 is 2.34 bits per heavy atom. The molecule has 2 aromatic carbocycles. The van der Waals surface area contributed by atoms with Gasteiger partial charge < -0.3 is 9.88 Å². The van der Waals surface area contributed by atoms with Gasteiger partial charge in [-0.3, -0.25) is 4.79 Å². The van der Waals surface area contributed by atoms with E-state index in [0.717, 1.165) is 37.6 Å². The Kier molecular flexibility index (Phi) is 4.88. The molecule has 29 heavy (non-hydrogen) atoms. The average Bonchev–Trinajstić information content (AvgIpc) is 3.13. The number of rotatable bonds is 3. The van der Waals surface area contributed by atoms with Crippen molar-refractivity contribution in [2.75, 3.05) is 4.90 Å². The number of anilines is 1. The van der Waals surface area contributed by atoms with Crippen LogP contribution in [0.1, 0.15) is 22.5 Å². The van der Waals surface area contributed by atoms with Crippen LogP contribution in [0.3, 0.4) is 0 Å². The summed E-state index contributed by atoms with van der Waals surface area (Å²) >= 11 is 3.54. The van der Waals surface area contributed by atoms with E-state index in [0.29, 0.717) is 5.69 Å². The third kappa shape index (κ3) is 3.40. The predicted octanol–water partition coefficient (Wildman–Crippen LogP) is 5.26. The molecule has 0 radical (unpaired) electrons. The maximum absolute atomic E-state index is 12.8. The van der Waals surface area contributed by atoms with Gasteiger partial charge in [0.2, 0.25) is 0 Å². The summed E-state index contributed by atoms with van der Waals surface area (Å²) in [6.45, 7) is 6.08. The lowest BCUT2D eigenvalue weighted by atomic mass is 10.2. The van der Waals surface area contributed by atoms with E-state index in [9.17, 15) is 9.59 Å². The first-order valence-electron chi connectivity index (χ1n) is 9.24. The summed E-state index contributed by atoms with van der Waals surface area (Å²) in [5.74, 6) is -0.356. The van der Waals surface area contributed by atoms with Crippen LogP contribution in [0.5, 0.6) is 0 Å². The zero-order valence-corrected chi connectivity index (χ0v) is 17.9. The fourth-order valence-corrected chi connectivity index (χ4v) is 3.85. The second kappa shape index (κ2) is 7.37. The lowest BCUT2D eigenvalue weighted by Gasteiger charge is -2.11. The number of imide groups is 1. The van der Waals surface area contributed by atoms with Crippen molar-refractivity contribution in [3.63, 3.8) is 0 Å². The number of amides is 3. The Labute approximate surface area is 177 Å². The number of halogens is 1. The average molecular weight is 450 g/mol. The number of nitrogens with one attached hydrogen (secondary N) is 1. The van der Waals surface area contributed by atoms with Gasteiger partial charge in [-0.05, 0) is 74.4 Å². The summed E-state index contributed by atoms with van der Waals surface area (Å²) in [7, 11) is 0. The van der Waals surface area contributed by atoms with E-state index < -0.39 is 6.03 Å². The largest absolute Gasteiger partial charge is 0.333 e. The first-order valence-corrected chi connectivity index (χ1v) is 10.0. The van der Waals surface area contributed by atoms with Gasteiger partial charge >= 0.3 is 6.03 Å². The topological polar surface area (TPSA) is 54.3 Å². The normalized spacial score (nSPS) is 15.3. The van der Waals surface area contributed by atoms with Gasteiger partial charge in [-0.2, -0.15) is 0 Å². The van der Waals surface area contributed by atoms with Crippen molar-refractivity contribution in [3.8, 4) is 5.69 Å². The molecule has 0 atom stereocenters. The number of aryl methyl sites for hydroxylation is 2. The van der Waals surface area contributed by atoms with Crippen molar-refractivity contribution in [2.45, 2.75) is 20.8 Å². The molecule has 1 fully saturated rings. The first-order chi connectivity index (χ1) is 13.9. The number of hydrogen-bond donors (Lipinski definition) is 1. The third-order valence-corrected chi connectivity index (χ3v) is 5.95. The quantitative estimate of drug-likeness (QED) is 0.437. The number of aromatic nitrogens is 1. The van der Waals surface area contributed by atoms with Gasteiger partial charge in [-0.1, -0.05) is 34.1 Å². The lowest BCUT2D eigenvalue weighted by molar-refractivity contribution is -0.113. The number of carbonyl (C=O) groups is 2. The maximum atomic E-state index is 12.8. The number of hydrogen-bond acceptors (Lipinski definition) is 2. The summed E-state index contributed by atoms with van der Waals surface area (Å²) in [6, 6.07) is 16.7. The highest BCUT2D eigenvalue weighted by Gasteiger charge is 2.34. The Hall–Kier alpha value is -3.12. The molecule has 5 nitrogen and oxygen atoms in total. The molecule has 0 bridgehead atoms. The number of benzene rings is 2. The fourth-order valence-electron chi connectivity index (χ4n) is 3.60. The summed E-state index contributed by atoms with van der Waals surface area (Å²) in [4.78, 5) is 26.4. The second-order valence-electron chi connectivity index (χ2n) is 7.06. The van der Waals surface area contributed by atoms with E-state index in [1.165, 1.54) is 0 Å². The fraction of sp³-hybridized carbons (Fsp3) is 0.130. The van der Waals surface area contributed by atoms with Crippen molar-refractivity contribution >= 4 is 39.6 Å². The molecule has 146 valence electrons. The molecule has 1 N–H and O–H groups in total. The summed E-state index contributed by atoms with van der Waals surface area (Å²) in [5.41, 5.74) is 5.95. The van der Waals surface area contributed by atoms with E-state index in [2.05, 4.69) is 38.8 Å². The van der Waals surface area contributed by atoms with Crippen molar-refractivity contribution in [1.29, 1.82) is 0 Å². The first kappa shape index (κ1) is 19.2. The van der Waals surface area contributed by atoms with Crippen molar-refractivity contribution in [3.05, 3.63) is 87.3 Å². The van der Waals surface area contributed by atoms with Crippen LogP contribution >= 0.6 is 15.9 Å². The Morgan fingerprint density at radius 2 is 1.66 bits per heavy atom. The van der Waals surface area contributed by atoms with Gasteiger partial charge in [-0.15, -0.1) is 0 Å². The zero-order chi connectivity index (χ0) is 20.7. The Morgan fingerprint density at radius 1 is 0.931 bits per heavy atom. The molecule has 3 amide bonds. The highest BCUT2D eigenvalue weighted by Crippen LogP contribution is 2.27. The van der Waals surface area contributed by atoms with Crippen molar-refractivity contribution < 1.29 is 9.59 Å². The Bertz CT molecular complexity index is 1160. The molecule has 0 saturated carbocycles. The summed E-state index contributed by atoms with van der Waals surface area (Å²) in [6.07, 6.45) is 1.74. The summed E-state index contributed by atoms with van der Waals surface area (Å²) in [5, 5.41) is 2.70. The van der Waals surface area contributed by atoms with Crippen LogP contribution in [0.15, 0.2) is 64.8 Å². The molecule has 1 saturated heterocycles. The molecule has 4 rings (SSSR count). The van der Waals surface area contributed by atoms with E-state index in [4.69, 9.17) is 0 Å². The Balaban J connectivity index is 1.71. The van der Waals surface area contributed by atoms with Crippen molar-refractivity contribution in [1.82, 2.24) is 9.88 Å². The van der Waals surface area contributed by atoms with E-state index in [1.807, 2.05) is 38.1 Å². The molecule has 1 aromatic heterocycles. The van der Waals surface area contributed by atoms with Crippen LogP contribution in [0.2, 0.25) is 0 Å². The smallest absolute Gasteiger partial charge is 0.318 e. The zero-order valence-electron chi connectivity index (χ0n) is 16.4. The monoisotopic (exact) mass is 449 g/mol. The van der Waals surface area contributed by atoms with Crippen LogP contribution in [-0.2, 0) is 4.79 Å². The van der Waals surface area contributed by atoms with Gasteiger partial charge in [-0.25, -0.2) is 9.69 Å². The molecule has 1 aliphatic heterocycles. The second-order valence-corrected chi connectivity index (χ2v) is 7.91. The highest BCUT2D eigenvalue weighted by atomic mass is 79.9. The van der Waals surface area contributed by atoms with Crippen molar-refractivity contribution in [2.24, 2.45) is 0 Å². The molecular formula is C23H20BrN3O2. The standard InChI is InChI=1S/C23H20BrN3O2/c1-14-11-19(9-10-20(14)24)26-15(2)12-17(16(26)3)13-21-22(28)27(23(29)25-21)18-7-5-4-6-8-18/h4-13H,1-3H3,(H,25,29)/b21-13+. The van der Waals surface area contributed by atoms with Gasteiger partial charge in [0.15, 0.2) is 0 Å². The van der Waals surface area contributed by atoms with Gasteiger partial charge in [0.1, 0.15) is 5.70 Å². The van der Waals surface area contributed by atoms with E-state index in [-0.39, 0.29) is 11.6 Å². The van der Waals surface area contributed by atoms with Crippen LogP contribution in [0.25, 0.3) is 11.8 Å². The predicted molar refractivity (Wildman–Crippen MR) is 118 cm³/mol. The van der Waals surface area contributed by atoms with Gasteiger partial charge in [0.25, 0.3) is 5.91 Å². The maximum Gasteiger partial charge on any atom is 0.333 e. The summed E-state index contributed by atoms with van der Waals surface area (Å²) < 4.78 is 3.20. The molecular weight excluding hydrogens is 430 g/mol. The van der Waals surface area contributed by atoms with Crippen LogP contribution < -0.4 is 10.2 Å². The number of nitrogens with zero attached hydrogens (tertiary/aromatic N) is 2. The molecule has 2 heterocycles. The van der Waals surface area contributed by atoms with Gasteiger partial charge in [0.05, 0.1) is 5.69 Å². The molecule has 0 aliphatic carbocycles. The van der Waals surface area contributed by atoms with E-state index in [1.54, 1.807) is 30.3 Å². The minimum atomic E-state index is -0.440. The third-order valence-electron chi connectivity index (χ3n) is 5.06. The minimum absolute atomic E-state index is 0.270. The van der Waals surface area contributed by atoms with Crippen LogP contribution in [-0.4, -0.2) is 16.5 Å². The van der Waals surface area contributed by atoms with Gasteiger partial charge in [0, 0.05) is 21.5 Å². The minimum Gasteiger partial charge on any atom is -0.318 e. The number of para-hydroxylation sites is 1. The highest BCUT2D eigenvalue weighted by molar-refractivity contribution is 9.10. The molecule has 0 unspecified atom stereocenters. The molecule has 0 spiro atoms. The number of carbonyl (C=O) groups excluding carboxylic acids is 2. The molecule has 3 aromatic rings. The molecule has 1 aliphatic rings. The molecule has 6 heteroatoms. The SMILES string of the molecule is Cc1cc(-n2c(C)cc(/C=C3/NC(=O)N(c4ccccc4)C3=O)c2C)ccc1Br. The van der Waals surface area contributed by atoms with Crippen LogP contribution in [0, 0.1) is 20.8 Å². The van der Waals surface area contributed by atoms with E-state index >= 15 is 0 Å².